The van der Waals surface area contributed by atoms with Crippen LogP contribution >= 0.6 is 0 Å². The lowest BCUT2D eigenvalue weighted by Crippen LogP contribution is -2.47. The van der Waals surface area contributed by atoms with Crippen molar-refractivity contribution in [1.82, 2.24) is 5.32 Å². The van der Waals surface area contributed by atoms with E-state index in [0.717, 1.165) is 6.61 Å². The number of ether oxygens (including phenoxy) is 1. The minimum absolute atomic E-state index is 0.204. The molecule has 0 amide bonds. The molecule has 0 aliphatic rings. The van der Waals surface area contributed by atoms with Gasteiger partial charge in [0.2, 0.25) is 0 Å². The number of hydrogen-bond donors (Lipinski definition) is 1. The second-order valence-corrected chi connectivity index (χ2v) is 5.63. The van der Waals surface area contributed by atoms with Gasteiger partial charge in [-0.05, 0) is 25.8 Å². The van der Waals surface area contributed by atoms with Gasteiger partial charge in [-0.15, -0.1) is 0 Å². The largest absolute Gasteiger partial charge is 0.376 e. The van der Waals surface area contributed by atoms with Gasteiger partial charge >= 0.3 is 0 Å². The Bertz CT molecular complexity index is 163. The smallest absolute Gasteiger partial charge is 0.0775 e. The van der Waals surface area contributed by atoms with E-state index in [1.54, 1.807) is 0 Å². The first-order valence-corrected chi connectivity index (χ1v) is 6.76. The maximum atomic E-state index is 5.93. The summed E-state index contributed by atoms with van der Waals surface area (Å²) in [6, 6.07) is 0.478. The van der Waals surface area contributed by atoms with Gasteiger partial charge in [-0.1, -0.05) is 47.0 Å². The van der Waals surface area contributed by atoms with Crippen LogP contribution in [0.4, 0.5) is 0 Å². The van der Waals surface area contributed by atoms with Crippen LogP contribution in [0.3, 0.4) is 0 Å². The zero-order valence-electron chi connectivity index (χ0n) is 12.1. The summed E-state index contributed by atoms with van der Waals surface area (Å²) in [5.41, 5.74) is 0.204. The number of unbranched alkanes of at least 4 members (excludes halogenated alkanes) is 2. The van der Waals surface area contributed by atoms with Crippen molar-refractivity contribution >= 4 is 0 Å². The lowest BCUT2D eigenvalue weighted by molar-refractivity contribution is -0.0362. The predicted molar refractivity (Wildman–Crippen MR) is 71.9 cm³/mol. The third kappa shape index (κ3) is 5.86. The van der Waals surface area contributed by atoms with Gasteiger partial charge in [-0.3, -0.25) is 0 Å². The molecule has 0 bridgehead atoms. The van der Waals surface area contributed by atoms with Crippen LogP contribution in [0.5, 0.6) is 0 Å². The molecule has 16 heavy (non-hydrogen) atoms. The first kappa shape index (κ1) is 15.9. The highest BCUT2D eigenvalue weighted by molar-refractivity contribution is 4.85. The monoisotopic (exact) mass is 229 g/mol. The molecular formula is C14H31NO. The van der Waals surface area contributed by atoms with Crippen molar-refractivity contribution in [3.63, 3.8) is 0 Å². The summed E-state index contributed by atoms with van der Waals surface area (Å²) in [7, 11) is 2.05. The zero-order chi connectivity index (χ0) is 12.6. The molecule has 0 aromatic rings. The van der Waals surface area contributed by atoms with E-state index in [1.165, 1.54) is 25.7 Å². The van der Waals surface area contributed by atoms with Crippen LogP contribution in [0.1, 0.15) is 60.3 Å². The molecule has 0 fully saturated rings. The second-order valence-electron chi connectivity index (χ2n) is 5.63. The van der Waals surface area contributed by atoms with Crippen molar-refractivity contribution in [2.75, 3.05) is 13.7 Å². The molecule has 1 N–H and O–H groups in total. The molecule has 2 heteroatoms. The molecule has 0 radical (unpaired) electrons. The van der Waals surface area contributed by atoms with Crippen LogP contribution < -0.4 is 5.32 Å². The minimum Gasteiger partial charge on any atom is -0.376 e. The number of hydrogen-bond acceptors (Lipinski definition) is 2. The Balaban J connectivity index is 4.34. The van der Waals surface area contributed by atoms with Gasteiger partial charge in [-0.2, -0.15) is 0 Å². The van der Waals surface area contributed by atoms with Crippen molar-refractivity contribution in [2.45, 2.75) is 72.4 Å². The minimum atomic E-state index is 0.204. The Kier molecular flexibility index (Phi) is 8.04. The topological polar surface area (TPSA) is 21.3 Å². The number of nitrogens with one attached hydrogen (secondary N) is 1. The molecule has 2 atom stereocenters. The van der Waals surface area contributed by atoms with Gasteiger partial charge in [0, 0.05) is 12.6 Å². The highest BCUT2D eigenvalue weighted by Gasteiger charge is 2.31. The molecule has 0 aliphatic heterocycles. The lowest BCUT2D eigenvalue weighted by Gasteiger charge is -2.36. The standard InChI is InChI=1S/C14H31NO/c1-7-9-10-11-12(15-6)13(16-8-2)14(3,4)5/h12-13,15H,7-11H2,1-6H3. The predicted octanol–water partition coefficient (Wildman–Crippen LogP) is 3.61. The third-order valence-corrected chi connectivity index (χ3v) is 3.05. The average molecular weight is 229 g/mol. The highest BCUT2D eigenvalue weighted by atomic mass is 16.5. The average Bonchev–Trinajstić information content (AvgIpc) is 2.20. The van der Waals surface area contributed by atoms with E-state index in [9.17, 15) is 0 Å². The fraction of sp³-hybridized carbons (Fsp3) is 1.00. The molecular weight excluding hydrogens is 198 g/mol. The Morgan fingerprint density at radius 3 is 2.12 bits per heavy atom. The molecule has 98 valence electrons. The van der Waals surface area contributed by atoms with Crippen LogP contribution in [0.25, 0.3) is 0 Å². The van der Waals surface area contributed by atoms with E-state index in [2.05, 4.69) is 39.9 Å². The van der Waals surface area contributed by atoms with Crippen LogP contribution in [0.2, 0.25) is 0 Å². The Morgan fingerprint density at radius 1 is 1.12 bits per heavy atom. The molecule has 0 aliphatic carbocycles. The van der Waals surface area contributed by atoms with E-state index in [-0.39, 0.29) is 5.41 Å². The highest BCUT2D eigenvalue weighted by Crippen LogP contribution is 2.27. The molecule has 0 saturated heterocycles. The summed E-state index contributed by atoms with van der Waals surface area (Å²) in [6.45, 7) is 11.9. The molecule has 0 aromatic carbocycles. The quantitative estimate of drug-likeness (QED) is 0.642. The zero-order valence-corrected chi connectivity index (χ0v) is 12.1. The Morgan fingerprint density at radius 2 is 1.75 bits per heavy atom. The molecule has 2 nitrogen and oxygen atoms in total. The summed E-state index contributed by atoms with van der Waals surface area (Å²) in [6.07, 6.45) is 5.42. The fourth-order valence-corrected chi connectivity index (χ4v) is 2.21. The van der Waals surface area contributed by atoms with E-state index in [1.807, 2.05) is 7.05 Å². The van der Waals surface area contributed by atoms with Crippen LogP contribution in [-0.4, -0.2) is 25.8 Å². The number of likely N-dealkylation sites (N-methyl/N-ethyl adjacent to an activating group) is 1. The van der Waals surface area contributed by atoms with E-state index in [4.69, 9.17) is 4.74 Å². The van der Waals surface area contributed by atoms with Crippen LogP contribution in [-0.2, 0) is 4.74 Å². The molecule has 0 heterocycles. The van der Waals surface area contributed by atoms with Gasteiger partial charge in [0.25, 0.3) is 0 Å². The van der Waals surface area contributed by atoms with E-state index < -0.39 is 0 Å². The SMILES string of the molecule is CCCCCC(NC)C(OCC)C(C)(C)C. The normalized spacial score (nSPS) is 16.1. The van der Waals surface area contributed by atoms with Crippen molar-refractivity contribution in [3.8, 4) is 0 Å². The summed E-state index contributed by atoms with van der Waals surface area (Å²) in [5.74, 6) is 0. The van der Waals surface area contributed by atoms with Gasteiger partial charge in [0.15, 0.2) is 0 Å². The van der Waals surface area contributed by atoms with Crippen molar-refractivity contribution in [3.05, 3.63) is 0 Å². The second kappa shape index (κ2) is 8.08. The fourth-order valence-electron chi connectivity index (χ4n) is 2.21. The summed E-state index contributed by atoms with van der Waals surface area (Å²) >= 11 is 0. The van der Waals surface area contributed by atoms with Crippen LogP contribution in [0, 0.1) is 5.41 Å². The van der Waals surface area contributed by atoms with Crippen molar-refractivity contribution in [2.24, 2.45) is 5.41 Å². The van der Waals surface area contributed by atoms with E-state index in [0.29, 0.717) is 12.1 Å². The van der Waals surface area contributed by atoms with Gasteiger partial charge < -0.3 is 10.1 Å². The van der Waals surface area contributed by atoms with E-state index >= 15 is 0 Å². The maximum Gasteiger partial charge on any atom is 0.0775 e. The molecule has 0 aromatic heterocycles. The Hall–Kier alpha value is -0.0800. The first-order valence-electron chi connectivity index (χ1n) is 6.76. The van der Waals surface area contributed by atoms with Crippen LogP contribution in [0.15, 0.2) is 0 Å². The van der Waals surface area contributed by atoms with Crippen molar-refractivity contribution in [1.29, 1.82) is 0 Å². The van der Waals surface area contributed by atoms with Gasteiger partial charge in [0.1, 0.15) is 0 Å². The van der Waals surface area contributed by atoms with Crippen molar-refractivity contribution < 1.29 is 4.74 Å². The van der Waals surface area contributed by atoms with Gasteiger partial charge in [0.05, 0.1) is 6.10 Å². The lowest BCUT2D eigenvalue weighted by atomic mass is 9.82. The molecule has 2 unspecified atom stereocenters. The summed E-state index contributed by atoms with van der Waals surface area (Å²) in [5, 5.41) is 3.43. The number of rotatable bonds is 8. The third-order valence-electron chi connectivity index (χ3n) is 3.05. The molecule has 0 rings (SSSR count). The molecule has 0 spiro atoms. The summed E-state index contributed by atoms with van der Waals surface area (Å²) in [4.78, 5) is 0. The van der Waals surface area contributed by atoms with Gasteiger partial charge in [-0.25, -0.2) is 0 Å². The molecule has 0 saturated carbocycles. The summed E-state index contributed by atoms with van der Waals surface area (Å²) < 4.78 is 5.93. The Labute approximate surface area is 102 Å². The first-order chi connectivity index (χ1) is 7.47. The maximum absolute atomic E-state index is 5.93.